The molecule has 0 amide bonds. The van der Waals surface area contributed by atoms with E-state index in [4.69, 9.17) is 5.84 Å². The molecule has 11 heavy (non-hydrogen) atoms. The van der Waals surface area contributed by atoms with E-state index in [-0.39, 0.29) is 0 Å². The maximum absolute atomic E-state index is 5.81. The van der Waals surface area contributed by atoms with Gasteiger partial charge in [0.05, 0.1) is 0 Å². The van der Waals surface area contributed by atoms with E-state index >= 15 is 0 Å². The van der Waals surface area contributed by atoms with Gasteiger partial charge in [-0.2, -0.15) is 0 Å². The van der Waals surface area contributed by atoms with Crippen molar-refractivity contribution in [3.63, 3.8) is 0 Å². The Morgan fingerprint density at radius 1 is 1.45 bits per heavy atom. The third kappa shape index (κ3) is 2.80. The topological polar surface area (TPSA) is 29.3 Å². The van der Waals surface area contributed by atoms with Crippen molar-refractivity contribution in [2.75, 3.05) is 13.1 Å². The zero-order valence-electron chi connectivity index (χ0n) is 7.93. The van der Waals surface area contributed by atoms with Crippen LogP contribution in [0.3, 0.4) is 0 Å². The molecule has 0 spiro atoms. The molecule has 2 heteroatoms. The number of hydrogen-bond acceptors (Lipinski definition) is 2. The van der Waals surface area contributed by atoms with Crippen LogP contribution in [0.15, 0.2) is 0 Å². The molecule has 1 aliphatic rings. The van der Waals surface area contributed by atoms with Crippen LogP contribution in [0.5, 0.6) is 0 Å². The molecule has 1 heterocycles. The molecule has 1 unspecified atom stereocenters. The first kappa shape index (κ1) is 9.01. The molecule has 1 saturated heterocycles. The fourth-order valence-corrected chi connectivity index (χ4v) is 2.12. The Balaban J connectivity index is 2.55. The van der Waals surface area contributed by atoms with Gasteiger partial charge in [-0.1, -0.05) is 20.8 Å². The van der Waals surface area contributed by atoms with E-state index < -0.39 is 0 Å². The highest BCUT2D eigenvalue weighted by atomic mass is 15.4. The van der Waals surface area contributed by atoms with Gasteiger partial charge in [-0.25, -0.2) is 5.01 Å². The van der Waals surface area contributed by atoms with E-state index in [0.29, 0.717) is 5.41 Å². The lowest BCUT2D eigenvalue weighted by molar-refractivity contribution is 0.196. The molecule has 2 N–H and O–H groups in total. The maximum Gasteiger partial charge on any atom is 0.0180 e. The third-order valence-corrected chi connectivity index (χ3v) is 2.44. The maximum atomic E-state index is 5.81. The van der Waals surface area contributed by atoms with Crippen LogP contribution in [0.1, 0.15) is 33.6 Å². The van der Waals surface area contributed by atoms with E-state index in [2.05, 4.69) is 20.8 Å². The van der Waals surface area contributed by atoms with Crippen molar-refractivity contribution in [2.24, 2.45) is 17.2 Å². The second-order valence-corrected chi connectivity index (χ2v) is 4.73. The predicted octanol–water partition coefficient (Wildman–Crippen LogP) is 1.62. The van der Waals surface area contributed by atoms with Gasteiger partial charge in [-0.3, -0.25) is 5.84 Å². The summed E-state index contributed by atoms with van der Waals surface area (Å²) in [5, 5.41) is 1.96. The van der Waals surface area contributed by atoms with Crippen molar-refractivity contribution >= 4 is 0 Å². The van der Waals surface area contributed by atoms with Crippen LogP contribution in [0, 0.1) is 11.3 Å². The number of rotatable bonds is 0. The van der Waals surface area contributed by atoms with Gasteiger partial charge >= 0.3 is 0 Å². The molecule has 0 aliphatic carbocycles. The first-order valence-corrected chi connectivity index (χ1v) is 4.49. The summed E-state index contributed by atoms with van der Waals surface area (Å²) in [5.74, 6) is 6.64. The van der Waals surface area contributed by atoms with Gasteiger partial charge < -0.3 is 0 Å². The Morgan fingerprint density at radius 2 is 2.09 bits per heavy atom. The molecule has 0 radical (unpaired) electrons. The summed E-state index contributed by atoms with van der Waals surface area (Å²) in [4.78, 5) is 0. The second kappa shape index (κ2) is 3.11. The molecule has 2 nitrogen and oxygen atoms in total. The molecular weight excluding hydrogens is 136 g/mol. The van der Waals surface area contributed by atoms with E-state index in [9.17, 15) is 0 Å². The Hall–Kier alpha value is -0.0800. The van der Waals surface area contributed by atoms with E-state index in [0.717, 1.165) is 19.0 Å². The minimum Gasteiger partial charge on any atom is -0.269 e. The number of nitrogens with two attached hydrogens (primary N) is 1. The molecule has 0 aromatic carbocycles. The van der Waals surface area contributed by atoms with Crippen molar-refractivity contribution in [3.05, 3.63) is 0 Å². The van der Waals surface area contributed by atoms with Gasteiger partial charge in [0.1, 0.15) is 0 Å². The molecule has 0 bridgehead atoms. The van der Waals surface area contributed by atoms with E-state index in [1.807, 2.05) is 5.01 Å². The van der Waals surface area contributed by atoms with Crippen molar-refractivity contribution in [2.45, 2.75) is 33.6 Å². The largest absolute Gasteiger partial charge is 0.269 e. The van der Waals surface area contributed by atoms with Gasteiger partial charge in [0.15, 0.2) is 0 Å². The molecule has 1 atom stereocenters. The monoisotopic (exact) mass is 156 g/mol. The zero-order valence-corrected chi connectivity index (χ0v) is 7.93. The van der Waals surface area contributed by atoms with Crippen molar-refractivity contribution in [3.8, 4) is 0 Å². The minimum absolute atomic E-state index is 0.407. The number of hydrazine groups is 1. The summed E-state index contributed by atoms with van der Waals surface area (Å²) in [6.45, 7) is 9.02. The van der Waals surface area contributed by atoms with Gasteiger partial charge in [0.25, 0.3) is 0 Å². The lowest BCUT2D eigenvalue weighted by atomic mass is 9.84. The van der Waals surface area contributed by atoms with E-state index in [1.54, 1.807) is 0 Å². The average Bonchev–Trinajstić information content (AvgIpc) is 1.89. The number of hydrogen-bond donors (Lipinski definition) is 1. The molecule has 0 aromatic heterocycles. The van der Waals surface area contributed by atoms with Crippen molar-refractivity contribution in [1.29, 1.82) is 0 Å². The molecule has 1 fully saturated rings. The summed E-state index contributed by atoms with van der Waals surface area (Å²) in [6, 6.07) is 0. The molecule has 66 valence electrons. The summed E-state index contributed by atoms with van der Waals surface area (Å²) >= 11 is 0. The van der Waals surface area contributed by atoms with Crippen LogP contribution < -0.4 is 5.84 Å². The number of nitrogens with zero attached hydrogens (tertiary/aromatic N) is 1. The Kier molecular flexibility index (Phi) is 2.55. The first-order chi connectivity index (χ1) is 4.99. The van der Waals surface area contributed by atoms with Crippen LogP contribution >= 0.6 is 0 Å². The third-order valence-electron chi connectivity index (χ3n) is 2.44. The lowest BCUT2D eigenvalue weighted by Gasteiger charge is -2.27. The lowest BCUT2D eigenvalue weighted by Crippen LogP contribution is -2.37. The Morgan fingerprint density at radius 3 is 2.73 bits per heavy atom. The SMILES string of the molecule is CC1CCN(N)CC(C)(C)C1. The van der Waals surface area contributed by atoms with Crippen LogP contribution in [-0.2, 0) is 0 Å². The highest BCUT2D eigenvalue weighted by Gasteiger charge is 2.26. The van der Waals surface area contributed by atoms with Gasteiger partial charge in [0, 0.05) is 13.1 Å². The molecule has 0 saturated carbocycles. The molecule has 1 aliphatic heterocycles. The van der Waals surface area contributed by atoms with Gasteiger partial charge in [-0.15, -0.1) is 0 Å². The Labute approximate surface area is 69.7 Å². The quantitative estimate of drug-likeness (QED) is 0.540. The highest BCUT2D eigenvalue weighted by molar-refractivity contribution is 4.78. The van der Waals surface area contributed by atoms with Gasteiger partial charge in [-0.05, 0) is 24.2 Å². The highest BCUT2D eigenvalue weighted by Crippen LogP contribution is 2.30. The predicted molar refractivity (Wildman–Crippen MR) is 47.9 cm³/mol. The molecular formula is C9H20N2. The van der Waals surface area contributed by atoms with Crippen molar-refractivity contribution < 1.29 is 0 Å². The van der Waals surface area contributed by atoms with Crippen LogP contribution in [0.4, 0.5) is 0 Å². The first-order valence-electron chi connectivity index (χ1n) is 4.49. The fourth-order valence-electron chi connectivity index (χ4n) is 2.12. The van der Waals surface area contributed by atoms with Crippen molar-refractivity contribution in [1.82, 2.24) is 5.01 Å². The van der Waals surface area contributed by atoms with Crippen LogP contribution in [0.2, 0.25) is 0 Å². The molecule has 1 rings (SSSR count). The average molecular weight is 156 g/mol. The summed E-state index contributed by atoms with van der Waals surface area (Å²) in [7, 11) is 0. The molecule has 0 aromatic rings. The smallest absolute Gasteiger partial charge is 0.0180 e. The fraction of sp³-hybridized carbons (Fsp3) is 1.00. The second-order valence-electron chi connectivity index (χ2n) is 4.73. The van der Waals surface area contributed by atoms with E-state index in [1.165, 1.54) is 12.8 Å². The normalized spacial score (nSPS) is 33.3. The Bertz CT molecular complexity index is 118. The summed E-state index contributed by atoms with van der Waals surface area (Å²) < 4.78 is 0. The summed E-state index contributed by atoms with van der Waals surface area (Å²) in [5.41, 5.74) is 0.407. The van der Waals surface area contributed by atoms with Gasteiger partial charge in [0.2, 0.25) is 0 Å². The zero-order chi connectivity index (χ0) is 8.48. The standard InChI is InChI=1S/C9H20N2/c1-8-4-5-11(10)7-9(2,3)6-8/h8H,4-7,10H2,1-3H3. The minimum atomic E-state index is 0.407. The summed E-state index contributed by atoms with van der Waals surface area (Å²) in [6.07, 6.45) is 2.56. The van der Waals surface area contributed by atoms with Crippen LogP contribution in [-0.4, -0.2) is 18.1 Å². The van der Waals surface area contributed by atoms with Crippen LogP contribution in [0.25, 0.3) is 0 Å².